The van der Waals surface area contributed by atoms with Gasteiger partial charge in [0, 0.05) is 51.2 Å². The Balaban J connectivity index is 1.43. The van der Waals surface area contributed by atoms with Crippen molar-refractivity contribution in [2.45, 2.75) is 0 Å². The van der Waals surface area contributed by atoms with E-state index in [9.17, 15) is 8.78 Å². The summed E-state index contributed by atoms with van der Waals surface area (Å²) < 4.78 is 26.7. The van der Waals surface area contributed by atoms with E-state index in [1.54, 1.807) is 18.5 Å². The van der Waals surface area contributed by atoms with Gasteiger partial charge in [-0.1, -0.05) is 0 Å². The van der Waals surface area contributed by atoms with Crippen LogP contribution < -0.4 is 16.0 Å². The third kappa shape index (κ3) is 4.85. The number of hydrogen-bond acceptors (Lipinski definition) is 5. The van der Waals surface area contributed by atoms with E-state index in [2.05, 4.69) is 30.1 Å². The van der Waals surface area contributed by atoms with E-state index in [0.717, 1.165) is 56.9 Å². The molecule has 1 aromatic carbocycles. The molecule has 2 aromatic rings. The molecule has 3 rings (SSSR count). The van der Waals surface area contributed by atoms with E-state index < -0.39 is 11.6 Å². The van der Waals surface area contributed by atoms with E-state index in [0.29, 0.717) is 6.54 Å². The van der Waals surface area contributed by atoms with Crippen molar-refractivity contribution in [1.82, 2.24) is 14.9 Å². The Kier molecular flexibility index (Phi) is 5.90. The molecule has 1 aliphatic rings. The number of nitrogens with one attached hydrogen (secondary N) is 1. The Labute approximate surface area is 150 Å². The van der Waals surface area contributed by atoms with Crippen molar-refractivity contribution in [3.63, 3.8) is 0 Å². The van der Waals surface area contributed by atoms with Gasteiger partial charge >= 0.3 is 0 Å². The Morgan fingerprint density at radius 3 is 2.62 bits per heavy atom. The molecule has 1 aromatic heterocycles. The maximum atomic E-state index is 13.6. The number of halogens is 2. The van der Waals surface area contributed by atoms with Crippen molar-refractivity contribution in [2.24, 2.45) is 10.7 Å². The van der Waals surface area contributed by atoms with E-state index in [-0.39, 0.29) is 11.6 Å². The zero-order valence-corrected chi connectivity index (χ0v) is 14.3. The number of piperazine rings is 1. The summed E-state index contributed by atoms with van der Waals surface area (Å²) in [4.78, 5) is 17.1. The lowest BCUT2D eigenvalue weighted by Gasteiger charge is -2.34. The monoisotopic (exact) mass is 361 g/mol. The van der Waals surface area contributed by atoms with Crippen LogP contribution in [0.1, 0.15) is 0 Å². The van der Waals surface area contributed by atoms with Crippen LogP contribution in [0.2, 0.25) is 0 Å². The van der Waals surface area contributed by atoms with Gasteiger partial charge in [-0.3, -0.25) is 9.89 Å². The third-order valence-electron chi connectivity index (χ3n) is 4.10. The van der Waals surface area contributed by atoms with Gasteiger partial charge in [0.25, 0.3) is 0 Å². The first-order valence-electron chi connectivity index (χ1n) is 8.38. The highest BCUT2D eigenvalue weighted by Gasteiger charge is 2.18. The van der Waals surface area contributed by atoms with E-state index in [4.69, 9.17) is 5.73 Å². The first kappa shape index (κ1) is 18.0. The number of benzene rings is 1. The minimum Gasteiger partial charge on any atom is -0.370 e. The highest BCUT2D eigenvalue weighted by Crippen LogP contribution is 2.14. The average molecular weight is 361 g/mol. The van der Waals surface area contributed by atoms with Crippen LogP contribution in [0.4, 0.5) is 20.4 Å². The Morgan fingerprint density at radius 2 is 1.88 bits per heavy atom. The smallest absolute Gasteiger partial charge is 0.225 e. The van der Waals surface area contributed by atoms with Gasteiger partial charge in [0.05, 0.1) is 12.2 Å². The van der Waals surface area contributed by atoms with Crippen LogP contribution >= 0.6 is 0 Å². The second kappa shape index (κ2) is 8.52. The molecule has 0 bridgehead atoms. The lowest BCUT2D eigenvalue weighted by atomic mass is 10.3. The van der Waals surface area contributed by atoms with Crippen molar-refractivity contribution >= 4 is 17.6 Å². The van der Waals surface area contributed by atoms with E-state index in [1.807, 2.05) is 0 Å². The molecule has 7 nitrogen and oxygen atoms in total. The van der Waals surface area contributed by atoms with Crippen LogP contribution in [0, 0.1) is 11.6 Å². The minimum atomic E-state index is -0.580. The van der Waals surface area contributed by atoms with Crippen molar-refractivity contribution in [3.05, 3.63) is 48.3 Å². The molecule has 3 N–H and O–H groups in total. The summed E-state index contributed by atoms with van der Waals surface area (Å²) in [5.41, 5.74) is 5.72. The Bertz CT molecular complexity index is 746. The van der Waals surface area contributed by atoms with Crippen LogP contribution in [-0.4, -0.2) is 60.1 Å². The quantitative estimate of drug-likeness (QED) is 0.617. The molecule has 0 radical (unpaired) electrons. The molecule has 0 amide bonds. The van der Waals surface area contributed by atoms with Crippen molar-refractivity contribution in [2.75, 3.05) is 49.5 Å². The van der Waals surface area contributed by atoms with Gasteiger partial charge in [0.2, 0.25) is 5.95 Å². The first-order valence-corrected chi connectivity index (χ1v) is 8.38. The van der Waals surface area contributed by atoms with E-state index >= 15 is 0 Å². The second-order valence-corrected chi connectivity index (χ2v) is 5.89. The van der Waals surface area contributed by atoms with Crippen molar-refractivity contribution < 1.29 is 8.78 Å². The lowest BCUT2D eigenvalue weighted by molar-refractivity contribution is 0.264. The molecule has 26 heavy (non-hydrogen) atoms. The molecule has 9 heteroatoms. The lowest BCUT2D eigenvalue weighted by Crippen LogP contribution is -2.47. The maximum absolute atomic E-state index is 13.6. The van der Waals surface area contributed by atoms with Gasteiger partial charge in [-0.05, 0) is 18.2 Å². The molecule has 0 unspecified atom stereocenters. The summed E-state index contributed by atoms with van der Waals surface area (Å²) in [6.45, 7) is 4.64. The topological polar surface area (TPSA) is 82.7 Å². The van der Waals surface area contributed by atoms with Gasteiger partial charge in [-0.25, -0.2) is 18.7 Å². The normalized spacial score (nSPS) is 15.9. The number of aromatic nitrogens is 2. The molecule has 1 aliphatic heterocycles. The van der Waals surface area contributed by atoms with Crippen LogP contribution in [0.15, 0.2) is 41.7 Å². The Hall–Kier alpha value is -2.81. The number of nitrogens with two attached hydrogens (primary N) is 1. The van der Waals surface area contributed by atoms with Crippen LogP contribution in [0.25, 0.3) is 0 Å². The number of aliphatic imine (C=N–C) groups is 1. The third-order valence-corrected chi connectivity index (χ3v) is 4.10. The zero-order chi connectivity index (χ0) is 18.4. The Morgan fingerprint density at radius 1 is 1.15 bits per heavy atom. The van der Waals surface area contributed by atoms with E-state index in [1.165, 1.54) is 0 Å². The number of hydrogen-bond donors (Lipinski definition) is 2. The summed E-state index contributed by atoms with van der Waals surface area (Å²) in [5, 5.41) is 2.59. The highest BCUT2D eigenvalue weighted by atomic mass is 19.1. The summed E-state index contributed by atoms with van der Waals surface area (Å²) >= 11 is 0. The van der Waals surface area contributed by atoms with Crippen LogP contribution in [-0.2, 0) is 0 Å². The van der Waals surface area contributed by atoms with Gasteiger partial charge < -0.3 is 16.0 Å². The summed E-state index contributed by atoms with van der Waals surface area (Å²) in [7, 11) is 0. The number of guanidine groups is 1. The molecule has 2 heterocycles. The fourth-order valence-electron chi connectivity index (χ4n) is 2.71. The first-order chi connectivity index (χ1) is 12.6. The summed E-state index contributed by atoms with van der Waals surface area (Å²) in [5.74, 6) is -0.313. The number of rotatable bonds is 5. The predicted octanol–water partition coefficient (Wildman–Crippen LogP) is 1.30. The zero-order valence-electron chi connectivity index (χ0n) is 14.3. The SMILES string of the molecule is NC(=NCCN1CCN(c2ncccn2)CC1)Nc1cc(F)ccc1F. The van der Waals surface area contributed by atoms with Gasteiger partial charge in [0.1, 0.15) is 11.6 Å². The molecule has 0 atom stereocenters. The molecule has 1 saturated heterocycles. The second-order valence-electron chi connectivity index (χ2n) is 5.89. The standard InChI is InChI=1S/C17H21F2N7/c18-13-2-3-14(19)15(12-13)24-16(20)21-6-7-25-8-10-26(11-9-25)17-22-4-1-5-23-17/h1-5,12H,6-11H2,(H3,20,21,24). The highest BCUT2D eigenvalue weighted by molar-refractivity contribution is 5.92. The van der Waals surface area contributed by atoms with Crippen LogP contribution in [0.3, 0.4) is 0 Å². The summed E-state index contributed by atoms with van der Waals surface area (Å²) in [6.07, 6.45) is 3.47. The average Bonchev–Trinajstić information content (AvgIpc) is 2.66. The number of anilines is 2. The summed E-state index contributed by atoms with van der Waals surface area (Å²) in [6, 6.07) is 4.93. The fourth-order valence-corrected chi connectivity index (χ4v) is 2.71. The van der Waals surface area contributed by atoms with Gasteiger partial charge in [0.15, 0.2) is 5.96 Å². The molecular weight excluding hydrogens is 340 g/mol. The minimum absolute atomic E-state index is 0.0253. The van der Waals surface area contributed by atoms with Gasteiger partial charge in [-0.2, -0.15) is 0 Å². The molecule has 0 aliphatic carbocycles. The molecule has 138 valence electrons. The largest absolute Gasteiger partial charge is 0.370 e. The van der Waals surface area contributed by atoms with Gasteiger partial charge in [-0.15, -0.1) is 0 Å². The number of nitrogens with zero attached hydrogens (tertiary/aromatic N) is 5. The molecular formula is C17H21F2N7. The molecule has 0 saturated carbocycles. The maximum Gasteiger partial charge on any atom is 0.225 e. The fraction of sp³-hybridized carbons (Fsp3) is 0.353. The molecule has 0 spiro atoms. The van der Waals surface area contributed by atoms with Crippen molar-refractivity contribution in [3.8, 4) is 0 Å². The predicted molar refractivity (Wildman–Crippen MR) is 97.2 cm³/mol. The van der Waals surface area contributed by atoms with Crippen molar-refractivity contribution in [1.29, 1.82) is 0 Å². The molecule has 1 fully saturated rings. The van der Waals surface area contributed by atoms with Crippen LogP contribution in [0.5, 0.6) is 0 Å².